The van der Waals surface area contributed by atoms with Crippen LogP contribution in [0, 0.1) is 11.8 Å². The van der Waals surface area contributed by atoms with Crippen LogP contribution >= 0.6 is 0 Å². The van der Waals surface area contributed by atoms with E-state index >= 15 is 0 Å². The number of carbonyl (C=O) groups is 1. The molecule has 0 saturated heterocycles. The van der Waals surface area contributed by atoms with Crippen molar-refractivity contribution in [3.05, 3.63) is 23.8 Å². The number of likely N-dealkylation sites (N-methyl/N-ethyl adjacent to an activating group) is 1. The van der Waals surface area contributed by atoms with Crippen molar-refractivity contribution in [2.75, 3.05) is 11.9 Å². The zero-order chi connectivity index (χ0) is 16.6. The Morgan fingerprint density at radius 3 is 2.57 bits per heavy atom. The van der Waals surface area contributed by atoms with E-state index in [9.17, 15) is 4.79 Å². The number of fused-ring (bicyclic) bond motifs is 1. The Bertz CT molecular complexity index is 579. The van der Waals surface area contributed by atoms with E-state index in [1.165, 1.54) is 32.1 Å². The van der Waals surface area contributed by atoms with Crippen LogP contribution in [0.5, 0.6) is 5.75 Å². The van der Waals surface area contributed by atoms with Crippen LogP contribution in [0.4, 0.5) is 5.69 Å². The molecule has 4 heteroatoms. The largest absolute Gasteiger partial charge is 0.478 e. The predicted octanol–water partition coefficient (Wildman–Crippen LogP) is 3.65. The number of hydrogen-bond acceptors (Lipinski definition) is 3. The van der Waals surface area contributed by atoms with Gasteiger partial charge in [-0.15, -0.1) is 0 Å². The van der Waals surface area contributed by atoms with Crippen molar-refractivity contribution < 1.29 is 9.53 Å². The van der Waals surface area contributed by atoms with Crippen LogP contribution in [-0.2, 0) is 4.79 Å². The van der Waals surface area contributed by atoms with Crippen LogP contribution in [0.2, 0.25) is 0 Å². The first-order valence-corrected chi connectivity index (χ1v) is 8.82. The molecule has 126 valence electrons. The molecule has 0 radical (unpaired) electrons. The summed E-state index contributed by atoms with van der Waals surface area (Å²) >= 11 is 0. The van der Waals surface area contributed by atoms with Gasteiger partial charge in [0.1, 0.15) is 5.75 Å². The number of nitrogens with two attached hydrogens (primary N) is 1. The van der Waals surface area contributed by atoms with E-state index in [1.54, 1.807) is 4.90 Å². The Kier molecular flexibility index (Phi) is 4.62. The second kappa shape index (κ2) is 6.52. The van der Waals surface area contributed by atoms with Gasteiger partial charge >= 0.3 is 0 Å². The Morgan fingerprint density at radius 1 is 1.22 bits per heavy atom. The fourth-order valence-corrected chi connectivity index (χ4v) is 3.79. The Labute approximate surface area is 139 Å². The number of rotatable bonds is 3. The van der Waals surface area contributed by atoms with E-state index in [4.69, 9.17) is 10.5 Å². The molecule has 2 N–H and O–H groups in total. The molecule has 4 nitrogen and oxygen atoms in total. The van der Waals surface area contributed by atoms with Crippen molar-refractivity contribution in [2.24, 2.45) is 17.6 Å². The molecule has 1 fully saturated rings. The van der Waals surface area contributed by atoms with Gasteiger partial charge in [-0.05, 0) is 42.4 Å². The van der Waals surface area contributed by atoms with Crippen LogP contribution in [0.25, 0.3) is 0 Å². The van der Waals surface area contributed by atoms with Gasteiger partial charge in [-0.25, -0.2) is 0 Å². The van der Waals surface area contributed by atoms with E-state index in [-0.39, 0.29) is 17.9 Å². The van der Waals surface area contributed by atoms with E-state index in [0.29, 0.717) is 5.92 Å². The smallest absolute Gasteiger partial charge is 0.268 e. The highest BCUT2D eigenvalue weighted by Gasteiger charge is 2.35. The highest BCUT2D eigenvalue weighted by molar-refractivity contribution is 5.99. The second-order valence-electron chi connectivity index (χ2n) is 7.33. The average molecular weight is 316 g/mol. The van der Waals surface area contributed by atoms with Crippen molar-refractivity contribution in [2.45, 2.75) is 58.1 Å². The number of ether oxygens (including phenoxy) is 1. The zero-order valence-corrected chi connectivity index (χ0v) is 14.4. The van der Waals surface area contributed by atoms with E-state index < -0.39 is 6.10 Å². The van der Waals surface area contributed by atoms with E-state index in [1.807, 2.05) is 33.0 Å². The zero-order valence-electron chi connectivity index (χ0n) is 14.4. The van der Waals surface area contributed by atoms with Crippen molar-refractivity contribution in [3.8, 4) is 5.75 Å². The molecule has 1 aliphatic carbocycles. The molecule has 1 saturated carbocycles. The Balaban J connectivity index is 1.86. The number of nitrogens with zero attached hydrogens (tertiary/aromatic N) is 1. The quantitative estimate of drug-likeness (QED) is 0.926. The summed E-state index contributed by atoms with van der Waals surface area (Å²) in [5, 5.41) is 0. The molecule has 2 atom stereocenters. The molecule has 0 spiro atoms. The van der Waals surface area contributed by atoms with E-state index in [2.05, 4.69) is 6.07 Å². The maximum Gasteiger partial charge on any atom is 0.268 e. The third-order valence-electron chi connectivity index (χ3n) is 5.32. The molecule has 0 bridgehead atoms. The molecule has 2 aliphatic rings. The molecular formula is C19H28N2O2. The van der Waals surface area contributed by atoms with Gasteiger partial charge in [0, 0.05) is 13.1 Å². The van der Waals surface area contributed by atoms with Crippen LogP contribution in [0.3, 0.4) is 0 Å². The SMILES string of the molecule is CC(C)C1Oc2ccc(C(N)C3CCCCC3)cc2N(C)C1=O. The molecule has 1 aromatic carbocycles. The lowest BCUT2D eigenvalue weighted by atomic mass is 9.81. The fraction of sp³-hybridized carbons (Fsp3) is 0.632. The maximum absolute atomic E-state index is 12.5. The first-order chi connectivity index (χ1) is 11.0. The standard InChI is InChI=1S/C19H28N2O2/c1-12(2)18-19(22)21(3)15-11-14(9-10-16(15)23-18)17(20)13-7-5-4-6-8-13/h9-13,17-18H,4-8,20H2,1-3H3. The van der Waals surface area contributed by atoms with Crippen molar-refractivity contribution >= 4 is 11.6 Å². The molecule has 23 heavy (non-hydrogen) atoms. The summed E-state index contributed by atoms with van der Waals surface area (Å²) in [7, 11) is 1.83. The molecule has 2 unspecified atom stereocenters. The first-order valence-electron chi connectivity index (χ1n) is 8.82. The fourth-order valence-electron chi connectivity index (χ4n) is 3.79. The minimum Gasteiger partial charge on any atom is -0.478 e. The number of amides is 1. The van der Waals surface area contributed by atoms with Crippen molar-refractivity contribution in [1.82, 2.24) is 0 Å². The second-order valence-corrected chi connectivity index (χ2v) is 7.33. The monoisotopic (exact) mass is 316 g/mol. The number of hydrogen-bond donors (Lipinski definition) is 1. The lowest BCUT2D eigenvalue weighted by Crippen LogP contribution is -2.46. The van der Waals surface area contributed by atoms with Crippen molar-refractivity contribution in [1.29, 1.82) is 0 Å². The Morgan fingerprint density at radius 2 is 1.91 bits per heavy atom. The number of carbonyl (C=O) groups excluding carboxylic acids is 1. The summed E-state index contributed by atoms with van der Waals surface area (Å²) in [6.07, 6.45) is 5.90. The third-order valence-corrected chi connectivity index (χ3v) is 5.32. The minimum absolute atomic E-state index is 0.0240. The molecule has 1 aliphatic heterocycles. The van der Waals surface area contributed by atoms with Gasteiger partial charge in [-0.3, -0.25) is 4.79 Å². The van der Waals surface area contributed by atoms with Gasteiger partial charge in [0.25, 0.3) is 5.91 Å². The molecule has 0 aromatic heterocycles. The van der Waals surface area contributed by atoms with Crippen LogP contribution in [-0.4, -0.2) is 19.1 Å². The maximum atomic E-state index is 12.5. The number of anilines is 1. The molecule has 1 aromatic rings. The topological polar surface area (TPSA) is 55.6 Å². The highest BCUT2D eigenvalue weighted by atomic mass is 16.5. The summed E-state index contributed by atoms with van der Waals surface area (Å²) < 4.78 is 5.92. The summed E-state index contributed by atoms with van der Waals surface area (Å²) in [6.45, 7) is 4.02. The molecule has 1 amide bonds. The highest BCUT2D eigenvalue weighted by Crippen LogP contribution is 2.39. The van der Waals surface area contributed by atoms with Crippen LogP contribution in [0.1, 0.15) is 57.6 Å². The van der Waals surface area contributed by atoms with Gasteiger partial charge in [0.05, 0.1) is 5.69 Å². The average Bonchev–Trinajstić information content (AvgIpc) is 2.57. The lowest BCUT2D eigenvalue weighted by molar-refractivity contribution is -0.127. The summed E-state index contributed by atoms with van der Waals surface area (Å²) in [6, 6.07) is 6.14. The summed E-state index contributed by atoms with van der Waals surface area (Å²) in [4.78, 5) is 14.2. The first kappa shape index (κ1) is 16.3. The minimum atomic E-state index is -0.398. The van der Waals surface area contributed by atoms with E-state index in [0.717, 1.165) is 17.0 Å². The molecule has 1 heterocycles. The summed E-state index contributed by atoms with van der Waals surface area (Å²) in [5.41, 5.74) is 8.47. The molecule has 3 rings (SSSR count). The van der Waals surface area contributed by atoms with Gasteiger partial charge in [0.2, 0.25) is 0 Å². The third kappa shape index (κ3) is 3.09. The van der Waals surface area contributed by atoms with Crippen LogP contribution < -0.4 is 15.4 Å². The summed E-state index contributed by atoms with van der Waals surface area (Å²) in [5.74, 6) is 1.51. The number of benzene rings is 1. The Hall–Kier alpha value is -1.55. The lowest BCUT2D eigenvalue weighted by Gasteiger charge is -2.35. The van der Waals surface area contributed by atoms with Gasteiger partial charge < -0.3 is 15.4 Å². The normalized spacial score (nSPS) is 23.6. The van der Waals surface area contributed by atoms with Gasteiger partial charge in [-0.1, -0.05) is 39.2 Å². The molecular weight excluding hydrogens is 288 g/mol. The van der Waals surface area contributed by atoms with Crippen LogP contribution in [0.15, 0.2) is 18.2 Å². The van der Waals surface area contributed by atoms with Crippen molar-refractivity contribution in [3.63, 3.8) is 0 Å². The predicted molar refractivity (Wildman–Crippen MR) is 92.6 cm³/mol. The van der Waals surface area contributed by atoms with Gasteiger partial charge in [-0.2, -0.15) is 0 Å². The van der Waals surface area contributed by atoms with Gasteiger partial charge in [0.15, 0.2) is 6.10 Å².